The summed E-state index contributed by atoms with van der Waals surface area (Å²) in [6.45, 7) is 2.34. The summed E-state index contributed by atoms with van der Waals surface area (Å²) in [7, 11) is 0. The van der Waals surface area contributed by atoms with Gasteiger partial charge in [0.25, 0.3) is 0 Å². The monoisotopic (exact) mass is 255 g/mol. The Morgan fingerprint density at radius 1 is 1.11 bits per heavy atom. The molecule has 3 heteroatoms. The molecule has 0 amide bonds. The zero-order chi connectivity index (χ0) is 13.2. The second kappa shape index (κ2) is 5.25. The lowest BCUT2D eigenvalue weighted by atomic mass is 9.77. The van der Waals surface area contributed by atoms with E-state index in [4.69, 9.17) is 5.73 Å². The van der Waals surface area contributed by atoms with Crippen molar-refractivity contribution in [2.24, 2.45) is 17.6 Å². The fraction of sp³-hybridized carbons (Fsp3) is 0.500. The minimum absolute atomic E-state index is 0.0906. The van der Waals surface area contributed by atoms with Crippen LogP contribution in [0.5, 0.6) is 0 Å². The summed E-state index contributed by atoms with van der Waals surface area (Å²) in [5, 5.41) is 0. The fourth-order valence-corrected chi connectivity index (χ4v) is 3.18. The normalized spacial score (nSPS) is 25.4. The van der Waals surface area contributed by atoms with E-state index < -0.39 is 0 Å². The highest BCUT2D eigenvalue weighted by atomic mass is 14.8. The third kappa shape index (κ3) is 2.47. The van der Waals surface area contributed by atoms with Gasteiger partial charge in [0.05, 0.1) is 11.0 Å². The number of nitrogens with two attached hydrogens (primary N) is 1. The predicted molar refractivity (Wildman–Crippen MR) is 77.6 cm³/mol. The summed E-state index contributed by atoms with van der Waals surface area (Å²) in [6.07, 6.45) is 8.56. The summed E-state index contributed by atoms with van der Waals surface area (Å²) < 4.78 is 0. The van der Waals surface area contributed by atoms with Crippen LogP contribution in [-0.4, -0.2) is 9.97 Å². The maximum atomic E-state index is 6.51. The molecule has 0 saturated heterocycles. The first-order valence-corrected chi connectivity index (χ1v) is 7.21. The SMILES string of the molecule is CC1CCC(C(N)c2cccc3nccnc23)CC1. The Hall–Kier alpha value is -1.48. The summed E-state index contributed by atoms with van der Waals surface area (Å²) >= 11 is 0. The minimum atomic E-state index is 0.0906. The van der Waals surface area contributed by atoms with Gasteiger partial charge in [-0.15, -0.1) is 0 Å². The maximum Gasteiger partial charge on any atom is 0.0934 e. The summed E-state index contributed by atoms with van der Waals surface area (Å²) in [5.74, 6) is 1.44. The molecule has 1 fully saturated rings. The Balaban J connectivity index is 1.91. The first kappa shape index (κ1) is 12.5. The number of hydrogen-bond acceptors (Lipinski definition) is 3. The van der Waals surface area contributed by atoms with Gasteiger partial charge in [-0.3, -0.25) is 9.97 Å². The molecule has 1 aliphatic carbocycles. The topological polar surface area (TPSA) is 51.8 Å². The van der Waals surface area contributed by atoms with Crippen LogP contribution in [0, 0.1) is 11.8 Å². The molecular formula is C16H21N3. The van der Waals surface area contributed by atoms with Gasteiger partial charge in [-0.25, -0.2) is 0 Å². The van der Waals surface area contributed by atoms with Crippen molar-refractivity contribution >= 4 is 11.0 Å². The van der Waals surface area contributed by atoms with E-state index in [0.29, 0.717) is 5.92 Å². The van der Waals surface area contributed by atoms with Crippen LogP contribution in [0.15, 0.2) is 30.6 Å². The van der Waals surface area contributed by atoms with Crippen molar-refractivity contribution < 1.29 is 0 Å². The van der Waals surface area contributed by atoms with Crippen molar-refractivity contribution in [2.75, 3.05) is 0 Å². The lowest BCUT2D eigenvalue weighted by Crippen LogP contribution is -2.25. The molecule has 1 atom stereocenters. The molecule has 1 aliphatic rings. The number of rotatable bonds is 2. The van der Waals surface area contributed by atoms with E-state index in [2.05, 4.69) is 23.0 Å². The molecule has 3 nitrogen and oxygen atoms in total. The molecule has 0 spiro atoms. The molecular weight excluding hydrogens is 234 g/mol. The first-order valence-electron chi connectivity index (χ1n) is 7.21. The van der Waals surface area contributed by atoms with E-state index in [1.54, 1.807) is 12.4 Å². The van der Waals surface area contributed by atoms with E-state index in [1.807, 2.05) is 12.1 Å². The highest BCUT2D eigenvalue weighted by Gasteiger charge is 2.25. The van der Waals surface area contributed by atoms with Gasteiger partial charge in [0.2, 0.25) is 0 Å². The molecule has 19 heavy (non-hydrogen) atoms. The van der Waals surface area contributed by atoms with Crippen LogP contribution in [0.2, 0.25) is 0 Å². The number of nitrogens with zero attached hydrogens (tertiary/aromatic N) is 2. The Labute approximate surface area is 114 Å². The van der Waals surface area contributed by atoms with Crippen LogP contribution in [0.4, 0.5) is 0 Å². The first-order chi connectivity index (χ1) is 9.25. The van der Waals surface area contributed by atoms with Gasteiger partial charge >= 0.3 is 0 Å². The molecule has 2 aromatic rings. The number of aromatic nitrogens is 2. The molecule has 2 N–H and O–H groups in total. The van der Waals surface area contributed by atoms with Crippen molar-refractivity contribution in [1.29, 1.82) is 0 Å². The molecule has 1 saturated carbocycles. The maximum absolute atomic E-state index is 6.51. The quantitative estimate of drug-likeness (QED) is 0.894. The van der Waals surface area contributed by atoms with Crippen molar-refractivity contribution in [3.8, 4) is 0 Å². The summed E-state index contributed by atoms with van der Waals surface area (Å²) in [4.78, 5) is 8.83. The van der Waals surface area contributed by atoms with E-state index in [9.17, 15) is 0 Å². The van der Waals surface area contributed by atoms with Crippen LogP contribution in [0.25, 0.3) is 11.0 Å². The zero-order valence-corrected chi connectivity index (χ0v) is 11.4. The Kier molecular flexibility index (Phi) is 3.47. The highest BCUT2D eigenvalue weighted by Crippen LogP contribution is 2.36. The molecule has 100 valence electrons. The van der Waals surface area contributed by atoms with Crippen LogP contribution in [-0.2, 0) is 0 Å². The average Bonchev–Trinajstić information content (AvgIpc) is 2.47. The van der Waals surface area contributed by atoms with Crippen LogP contribution < -0.4 is 5.73 Å². The van der Waals surface area contributed by atoms with Crippen molar-refractivity contribution in [1.82, 2.24) is 9.97 Å². The molecule has 1 unspecified atom stereocenters. The fourth-order valence-electron chi connectivity index (χ4n) is 3.18. The van der Waals surface area contributed by atoms with Gasteiger partial charge in [-0.2, -0.15) is 0 Å². The van der Waals surface area contributed by atoms with Crippen LogP contribution >= 0.6 is 0 Å². The molecule has 0 bridgehead atoms. The van der Waals surface area contributed by atoms with Gasteiger partial charge in [0.15, 0.2) is 0 Å². The number of para-hydroxylation sites is 1. The molecule has 3 rings (SSSR count). The summed E-state index contributed by atoms with van der Waals surface area (Å²) in [6, 6.07) is 6.24. The zero-order valence-electron chi connectivity index (χ0n) is 11.4. The number of fused-ring (bicyclic) bond motifs is 1. The summed E-state index contributed by atoms with van der Waals surface area (Å²) in [5.41, 5.74) is 9.58. The van der Waals surface area contributed by atoms with E-state index in [1.165, 1.54) is 25.7 Å². The second-order valence-electron chi connectivity index (χ2n) is 5.82. The van der Waals surface area contributed by atoms with E-state index in [-0.39, 0.29) is 6.04 Å². The lowest BCUT2D eigenvalue weighted by Gasteiger charge is -2.31. The van der Waals surface area contributed by atoms with Gasteiger partial charge in [-0.1, -0.05) is 31.9 Å². The number of benzene rings is 1. The van der Waals surface area contributed by atoms with Gasteiger partial charge in [-0.05, 0) is 36.3 Å². The van der Waals surface area contributed by atoms with Gasteiger partial charge in [0, 0.05) is 18.4 Å². The average molecular weight is 255 g/mol. The molecule has 1 aromatic heterocycles. The standard InChI is InChI=1S/C16H21N3/c1-11-5-7-12(8-6-11)15(17)13-3-2-4-14-16(13)19-10-9-18-14/h2-4,9-12,15H,5-8,17H2,1H3. The molecule has 1 aromatic carbocycles. The Morgan fingerprint density at radius 3 is 2.63 bits per heavy atom. The number of hydrogen-bond donors (Lipinski definition) is 1. The van der Waals surface area contributed by atoms with E-state index >= 15 is 0 Å². The third-order valence-corrected chi connectivity index (χ3v) is 4.46. The second-order valence-corrected chi connectivity index (χ2v) is 5.82. The van der Waals surface area contributed by atoms with Crippen molar-refractivity contribution in [3.05, 3.63) is 36.2 Å². The van der Waals surface area contributed by atoms with Crippen LogP contribution in [0.3, 0.4) is 0 Å². The molecule has 0 radical (unpaired) electrons. The third-order valence-electron chi connectivity index (χ3n) is 4.46. The predicted octanol–water partition coefficient (Wildman–Crippen LogP) is 3.46. The Morgan fingerprint density at radius 2 is 1.84 bits per heavy atom. The van der Waals surface area contributed by atoms with Crippen molar-refractivity contribution in [3.63, 3.8) is 0 Å². The lowest BCUT2D eigenvalue weighted by molar-refractivity contribution is 0.256. The van der Waals surface area contributed by atoms with Crippen LogP contribution in [0.1, 0.15) is 44.2 Å². The van der Waals surface area contributed by atoms with Gasteiger partial charge < -0.3 is 5.73 Å². The van der Waals surface area contributed by atoms with Gasteiger partial charge in [0.1, 0.15) is 0 Å². The Bertz CT molecular complexity index is 553. The largest absolute Gasteiger partial charge is 0.324 e. The van der Waals surface area contributed by atoms with Crippen molar-refractivity contribution in [2.45, 2.75) is 38.6 Å². The smallest absolute Gasteiger partial charge is 0.0934 e. The minimum Gasteiger partial charge on any atom is -0.324 e. The highest BCUT2D eigenvalue weighted by molar-refractivity contribution is 5.78. The van der Waals surface area contributed by atoms with E-state index in [0.717, 1.165) is 22.5 Å². The molecule has 1 heterocycles. The molecule has 0 aliphatic heterocycles.